The molecule has 4 rings (SSSR count). The molecular formula is C18H27N6O14P2S2+. The fourth-order valence-electron chi connectivity index (χ4n) is 4.11. The summed E-state index contributed by atoms with van der Waals surface area (Å²) in [5.41, 5.74) is 10.6. The molecule has 0 spiro atoms. The normalized spacial score (nSPS) is 37.1. The number of nitrogens with zero attached hydrogens (tertiary/aromatic N) is 4. The van der Waals surface area contributed by atoms with Gasteiger partial charge in [-0.15, -0.1) is 10.4 Å². The summed E-state index contributed by atoms with van der Waals surface area (Å²) in [7, 11) is -5.47. The lowest BCUT2D eigenvalue weighted by Crippen LogP contribution is -2.61. The monoisotopic (exact) mass is 677 g/mol. The molecule has 12 atom stereocenters. The van der Waals surface area contributed by atoms with Crippen LogP contribution >= 0.6 is 26.3 Å². The smallest absolute Gasteiger partial charge is 0.394 e. The molecule has 0 bridgehead atoms. The van der Waals surface area contributed by atoms with Gasteiger partial charge in [0.25, 0.3) is 5.52 Å². The van der Waals surface area contributed by atoms with E-state index in [2.05, 4.69) is 29.1 Å². The van der Waals surface area contributed by atoms with Crippen molar-refractivity contribution in [1.82, 2.24) is 14.3 Å². The van der Waals surface area contributed by atoms with E-state index in [-0.39, 0.29) is 17.0 Å². The molecular weight excluding hydrogens is 650 g/mol. The molecule has 2 saturated heterocycles. The Morgan fingerprint density at radius 3 is 2.57 bits per heavy atom. The molecule has 2 aromatic rings. The van der Waals surface area contributed by atoms with Gasteiger partial charge in [-0.25, -0.2) is 8.88 Å². The third-order valence-electron chi connectivity index (χ3n) is 6.30. The lowest BCUT2D eigenvalue weighted by Gasteiger charge is -2.41. The Hall–Kier alpha value is -1.42. The molecule has 0 aliphatic carbocycles. The van der Waals surface area contributed by atoms with E-state index in [0.717, 1.165) is 18.1 Å². The lowest BCUT2D eigenvalue weighted by atomic mass is 9.92. The van der Waals surface area contributed by atoms with Crippen molar-refractivity contribution in [3.63, 3.8) is 0 Å². The Kier molecular flexibility index (Phi) is 9.98. The molecule has 0 saturated carbocycles. The molecule has 7 unspecified atom stereocenters. The number of phosphoric ester groups is 1. The molecule has 234 valence electrons. The average molecular weight is 678 g/mol. The van der Waals surface area contributed by atoms with Crippen molar-refractivity contribution >= 4 is 55.1 Å². The van der Waals surface area contributed by atoms with Gasteiger partial charge in [0.05, 0.1) is 13.2 Å². The first-order chi connectivity index (χ1) is 19.5. The minimum atomic E-state index is -5.47. The van der Waals surface area contributed by atoms with Crippen molar-refractivity contribution in [2.24, 2.45) is 5.73 Å². The summed E-state index contributed by atoms with van der Waals surface area (Å²) in [6, 6.07) is 0. The molecule has 0 amide bonds. The summed E-state index contributed by atoms with van der Waals surface area (Å²) in [5.74, 6) is 2.31. The van der Waals surface area contributed by atoms with Crippen LogP contribution in [-0.4, -0.2) is 123 Å². The minimum Gasteiger partial charge on any atom is -0.394 e. The van der Waals surface area contributed by atoms with Gasteiger partial charge in [0, 0.05) is 0 Å². The summed E-state index contributed by atoms with van der Waals surface area (Å²) in [6.45, 7) is -6.43. The maximum atomic E-state index is 12.6. The van der Waals surface area contributed by atoms with Gasteiger partial charge in [-0.2, -0.15) is 4.98 Å². The highest BCUT2D eigenvalue weighted by Crippen LogP contribution is 2.61. The van der Waals surface area contributed by atoms with Crippen molar-refractivity contribution in [2.45, 2.75) is 60.8 Å². The number of aliphatic hydroxyl groups is 6. The van der Waals surface area contributed by atoms with Crippen LogP contribution in [0.5, 0.6) is 0 Å². The SMILES string of the molecule is C#C[C@@]1(N)[C@H](O)[C@@H](COP(O)(=S)OP(=O)(O)OC2OC([C@@H](O)CO)C(O)C(O)C2O)O[C@H]1[n+]1snc2c(N)ncnc21. The number of hydrogen-bond donors (Lipinski definition) is 10. The molecule has 42 heavy (non-hydrogen) atoms. The van der Waals surface area contributed by atoms with Crippen LogP contribution in [0.25, 0.3) is 11.2 Å². The molecule has 12 N–H and O–H groups in total. The Bertz CT molecular complexity index is 1430. The third-order valence-corrected chi connectivity index (χ3v) is 10.6. The Labute approximate surface area is 245 Å². The number of rotatable bonds is 10. The predicted octanol–water partition coefficient (Wildman–Crippen LogP) is -4.93. The maximum Gasteiger partial charge on any atom is 0.481 e. The van der Waals surface area contributed by atoms with Gasteiger partial charge in [-0.05, 0) is 16.2 Å². The Morgan fingerprint density at radius 1 is 1.24 bits per heavy atom. The van der Waals surface area contributed by atoms with E-state index in [1.54, 1.807) is 0 Å². The van der Waals surface area contributed by atoms with Crippen molar-refractivity contribution in [1.29, 1.82) is 0 Å². The highest BCUT2D eigenvalue weighted by Gasteiger charge is 2.58. The number of anilines is 1. The van der Waals surface area contributed by atoms with E-state index in [4.69, 9.17) is 48.8 Å². The van der Waals surface area contributed by atoms with Gasteiger partial charge in [-0.1, -0.05) is 10.9 Å². The standard InChI is InChI=1S/C18H26N6O14P2S2/c1-2-18(20)13(30)7(35-17(18)24-15-8(23-42-24)14(19)21-5-22-15)4-34-40(33,41)38-39(31,32)37-16-11(29)9(27)10(28)12(36-16)6(26)3-25/h1,5-7,9-13,16-17,19,25-30H,3-4,20H2,(H2,31,32,33,41)/p+1/t6-,7+,9?,10?,11?,12?,13+,16?,17+,18+,40?/m0/s1. The topological polar surface area (TPSA) is 320 Å². The number of phosphoric acid groups is 1. The van der Waals surface area contributed by atoms with Gasteiger partial charge < -0.3 is 65.9 Å². The maximum absolute atomic E-state index is 12.6. The van der Waals surface area contributed by atoms with Crippen LogP contribution in [0.2, 0.25) is 0 Å². The van der Waals surface area contributed by atoms with E-state index in [1.807, 2.05) is 0 Å². The van der Waals surface area contributed by atoms with Crippen LogP contribution in [0.3, 0.4) is 0 Å². The van der Waals surface area contributed by atoms with Crippen LogP contribution in [0.1, 0.15) is 6.23 Å². The number of ether oxygens (including phenoxy) is 2. The van der Waals surface area contributed by atoms with Crippen molar-refractivity contribution in [2.75, 3.05) is 18.9 Å². The summed E-state index contributed by atoms with van der Waals surface area (Å²) in [5, 5.41) is 59.7. The number of nitrogens with two attached hydrogens (primary N) is 2. The van der Waals surface area contributed by atoms with E-state index in [0.29, 0.717) is 0 Å². The summed E-state index contributed by atoms with van der Waals surface area (Å²) >= 11 is 5.56. The molecule has 0 aromatic carbocycles. The van der Waals surface area contributed by atoms with E-state index < -0.39 is 88.5 Å². The van der Waals surface area contributed by atoms with Gasteiger partial charge in [-0.3, -0.25) is 4.52 Å². The van der Waals surface area contributed by atoms with Gasteiger partial charge in [0.15, 0.2) is 24.0 Å². The zero-order chi connectivity index (χ0) is 31.2. The zero-order valence-electron chi connectivity index (χ0n) is 20.9. The first-order valence-corrected chi connectivity index (χ1v) is 16.4. The predicted molar refractivity (Wildman–Crippen MR) is 140 cm³/mol. The first-order valence-electron chi connectivity index (χ1n) is 11.6. The molecule has 2 aliphatic heterocycles. The zero-order valence-corrected chi connectivity index (χ0v) is 24.4. The van der Waals surface area contributed by atoms with Crippen LogP contribution < -0.4 is 15.4 Å². The number of aromatic nitrogens is 4. The molecule has 24 heteroatoms. The Morgan fingerprint density at radius 2 is 1.93 bits per heavy atom. The summed E-state index contributed by atoms with van der Waals surface area (Å²) < 4.78 is 43.1. The number of fused-ring (bicyclic) bond motifs is 1. The van der Waals surface area contributed by atoms with E-state index >= 15 is 0 Å². The first kappa shape index (κ1) is 33.5. The second kappa shape index (κ2) is 12.5. The molecule has 2 aromatic heterocycles. The average Bonchev–Trinajstić information content (AvgIpc) is 3.46. The third kappa shape index (κ3) is 6.50. The van der Waals surface area contributed by atoms with Gasteiger partial charge in [0.2, 0.25) is 18.0 Å². The minimum absolute atomic E-state index is 0.0578. The van der Waals surface area contributed by atoms with E-state index in [1.165, 1.54) is 3.96 Å². The molecule has 4 heterocycles. The number of hydrogen-bond acceptors (Lipinski definition) is 19. The molecule has 0 radical (unpaired) electrons. The van der Waals surface area contributed by atoms with E-state index in [9.17, 15) is 39.9 Å². The molecule has 20 nitrogen and oxygen atoms in total. The number of nitrogen functional groups attached to an aromatic ring is 1. The second-order valence-electron chi connectivity index (χ2n) is 9.09. The van der Waals surface area contributed by atoms with Gasteiger partial charge in [0.1, 0.15) is 42.7 Å². The summed E-state index contributed by atoms with van der Waals surface area (Å²) in [4.78, 5) is 28.5. The lowest BCUT2D eigenvalue weighted by molar-refractivity contribution is -0.685. The van der Waals surface area contributed by atoms with Crippen LogP contribution in [0.4, 0.5) is 5.82 Å². The number of terminal acetylenes is 1. The Balaban J connectivity index is 1.44. The molecule has 2 aliphatic rings. The fourth-order valence-corrected chi connectivity index (χ4v) is 8.07. The summed E-state index contributed by atoms with van der Waals surface area (Å²) in [6.07, 6.45) is -9.45. The second-order valence-corrected chi connectivity index (χ2v) is 14.2. The number of aliphatic hydroxyl groups excluding tert-OH is 6. The van der Waals surface area contributed by atoms with Gasteiger partial charge >= 0.3 is 20.2 Å². The highest BCUT2D eigenvalue weighted by atomic mass is 32.5. The molecule has 2 fully saturated rings. The fraction of sp³-hybridized carbons (Fsp3) is 0.667. The van der Waals surface area contributed by atoms with Crippen LogP contribution in [0, 0.1) is 12.3 Å². The van der Waals surface area contributed by atoms with Crippen molar-refractivity contribution in [3.05, 3.63) is 6.33 Å². The largest absolute Gasteiger partial charge is 0.481 e. The van der Waals surface area contributed by atoms with Crippen LogP contribution in [0.15, 0.2) is 6.33 Å². The quantitative estimate of drug-likeness (QED) is 0.0640. The van der Waals surface area contributed by atoms with Crippen molar-refractivity contribution < 1.29 is 71.8 Å². The van der Waals surface area contributed by atoms with Crippen LogP contribution in [-0.2, 0) is 39.2 Å². The van der Waals surface area contributed by atoms with Crippen molar-refractivity contribution in [3.8, 4) is 12.3 Å². The highest BCUT2D eigenvalue weighted by molar-refractivity contribution is 8.08.